The SMILES string of the molecule is COc1ccc2c(CNCCCCCCNCc3c(OC)ccc4cc(OC)ccc34)c(OC)ccc2c1. The molecule has 0 aliphatic carbocycles. The van der Waals surface area contributed by atoms with E-state index in [0.29, 0.717) is 0 Å². The minimum Gasteiger partial charge on any atom is -0.497 e. The van der Waals surface area contributed by atoms with Gasteiger partial charge in [0, 0.05) is 24.2 Å². The minimum absolute atomic E-state index is 0.785. The Morgan fingerprint density at radius 2 is 0.947 bits per heavy atom. The van der Waals surface area contributed by atoms with Crippen LogP contribution in [-0.4, -0.2) is 41.5 Å². The van der Waals surface area contributed by atoms with Gasteiger partial charge in [0.1, 0.15) is 23.0 Å². The van der Waals surface area contributed by atoms with Gasteiger partial charge in [-0.25, -0.2) is 0 Å². The van der Waals surface area contributed by atoms with Crippen molar-refractivity contribution in [3.8, 4) is 23.0 Å². The highest BCUT2D eigenvalue weighted by Crippen LogP contribution is 2.31. The van der Waals surface area contributed by atoms with Gasteiger partial charge >= 0.3 is 0 Å². The van der Waals surface area contributed by atoms with Crippen LogP contribution in [0.25, 0.3) is 21.5 Å². The van der Waals surface area contributed by atoms with Crippen molar-refractivity contribution in [2.24, 2.45) is 0 Å². The van der Waals surface area contributed by atoms with Gasteiger partial charge in [0.2, 0.25) is 0 Å². The Balaban J connectivity index is 1.18. The molecule has 0 spiro atoms. The lowest BCUT2D eigenvalue weighted by Crippen LogP contribution is -2.17. The van der Waals surface area contributed by atoms with Crippen LogP contribution in [0.4, 0.5) is 0 Å². The van der Waals surface area contributed by atoms with Crippen LogP contribution in [0, 0.1) is 0 Å². The fourth-order valence-corrected chi connectivity index (χ4v) is 4.99. The number of fused-ring (bicyclic) bond motifs is 2. The maximum atomic E-state index is 5.63. The topological polar surface area (TPSA) is 61.0 Å². The zero-order valence-corrected chi connectivity index (χ0v) is 23.1. The van der Waals surface area contributed by atoms with Crippen LogP contribution in [0.5, 0.6) is 23.0 Å². The summed E-state index contributed by atoms with van der Waals surface area (Å²) >= 11 is 0. The highest BCUT2D eigenvalue weighted by Gasteiger charge is 2.10. The van der Waals surface area contributed by atoms with Crippen LogP contribution in [-0.2, 0) is 13.1 Å². The predicted molar refractivity (Wildman–Crippen MR) is 156 cm³/mol. The van der Waals surface area contributed by atoms with Crippen LogP contribution < -0.4 is 29.6 Å². The molecular weight excluding hydrogens is 476 g/mol. The first kappa shape index (κ1) is 27.6. The van der Waals surface area contributed by atoms with Crippen molar-refractivity contribution in [3.05, 3.63) is 71.8 Å². The van der Waals surface area contributed by atoms with Gasteiger partial charge in [-0.2, -0.15) is 0 Å². The van der Waals surface area contributed by atoms with Gasteiger partial charge in [0.05, 0.1) is 28.4 Å². The largest absolute Gasteiger partial charge is 0.497 e. The van der Waals surface area contributed by atoms with E-state index in [0.717, 1.165) is 72.8 Å². The summed E-state index contributed by atoms with van der Waals surface area (Å²) in [4.78, 5) is 0. The summed E-state index contributed by atoms with van der Waals surface area (Å²) in [5.41, 5.74) is 2.39. The van der Waals surface area contributed by atoms with Gasteiger partial charge < -0.3 is 29.6 Å². The van der Waals surface area contributed by atoms with Crippen LogP contribution in [0.3, 0.4) is 0 Å². The fourth-order valence-electron chi connectivity index (χ4n) is 4.99. The fraction of sp³-hybridized carbons (Fsp3) is 0.375. The first-order valence-corrected chi connectivity index (χ1v) is 13.4. The predicted octanol–water partition coefficient (Wildman–Crippen LogP) is 6.47. The second-order valence-corrected chi connectivity index (χ2v) is 9.43. The quantitative estimate of drug-likeness (QED) is 0.177. The van der Waals surface area contributed by atoms with Crippen molar-refractivity contribution in [2.75, 3.05) is 41.5 Å². The van der Waals surface area contributed by atoms with Crippen molar-refractivity contribution < 1.29 is 18.9 Å². The molecule has 6 nitrogen and oxygen atoms in total. The van der Waals surface area contributed by atoms with Crippen molar-refractivity contribution in [1.82, 2.24) is 10.6 Å². The molecule has 202 valence electrons. The summed E-state index contributed by atoms with van der Waals surface area (Å²) < 4.78 is 22.0. The minimum atomic E-state index is 0.785. The second-order valence-electron chi connectivity index (χ2n) is 9.43. The molecule has 4 rings (SSSR count). The Morgan fingerprint density at radius 1 is 0.500 bits per heavy atom. The summed E-state index contributed by atoms with van der Waals surface area (Å²) in [5.74, 6) is 3.58. The molecule has 0 aliphatic heterocycles. The molecule has 38 heavy (non-hydrogen) atoms. The van der Waals surface area contributed by atoms with E-state index in [2.05, 4.69) is 47.0 Å². The maximum absolute atomic E-state index is 5.63. The number of rotatable bonds is 15. The Bertz CT molecular complexity index is 1240. The average molecular weight is 517 g/mol. The van der Waals surface area contributed by atoms with Gasteiger partial charge in [-0.05, 0) is 83.9 Å². The normalized spacial score (nSPS) is 11.2. The summed E-state index contributed by atoms with van der Waals surface area (Å²) in [6.45, 7) is 3.54. The Morgan fingerprint density at radius 3 is 1.34 bits per heavy atom. The molecule has 4 aromatic rings. The summed E-state index contributed by atoms with van der Waals surface area (Å²) in [6, 6.07) is 20.6. The van der Waals surface area contributed by atoms with Gasteiger partial charge in [0.15, 0.2) is 0 Å². The molecule has 0 radical (unpaired) electrons. The van der Waals surface area contributed by atoms with E-state index in [1.807, 2.05) is 24.3 Å². The van der Waals surface area contributed by atoms with E-state index in [-0.39, 0.29) is 0 Å². The number of hydrogen-bond acceptors (Lipinski definition) is 6. The maximum Gasteiger partial charge on any atom is 0.123 e. The molecule has 0 aromatic heterocycles. The number of ether oxygens (including phenoxy) is 4. The van der Waals surface area contributed by atoms with Crippen molar-refractivity contribution in [2.45, 2.75) is 38.8 Å². The molecule has 0 saturated heterocycles. The van der Waals surface area contributed by atoms with Gasteiger partial charge in [0.25, 0.3) is 0 Å². The summed E-state index contributed by atoms with van der Waals surface area (Å²) in [6.07, 6.45) is 4.71. The van der Waals surface area contributed by atoms with Gasteiger partial charge in [-0.3, -0.25) is 0 Å². The standard InChI is InChI=1S/C32H40N2O4/c1-35-25-11-13-27-23(19-25)9-15-31(37-3)29(27)21-33-17-7-5-6-8-18-34-22-30-28-14-12-26(36-2)20-24(28)10-16-32(30)38-4/h9-16,19-20,33-34H,5-8,17-18,21-22H2,1-4H3. The second kappa shape index (κ2) is 13.9. The zero-order valence-electron chi connectivity index (χ0n) is 23.1. The molecule has 6 heteroatoms. The Labute approximate surface area is 226 Å². The van der Waals surface area contributed by atoms with Crippen LogP contribution in [0.2, 0.25) is 0 Å². The van der Waals surface area contributed by atoms with Crippen LogP contribution in [0.15, 0.2) is 60.7 Å². The van der Waals surface area contributed by atoms with E-state index in [4.69, 9.17) is 18.9 Å². The third-order valence-electron chi connectivity index (χ3n) is 7.09. The van der Waals surface area contributed by atoms with Crippen molar-refractivity contribution >= 4 is 21.5 Å². The third-order valence-corrected chi connectivity index (χ3v) is 7.09. The van der Waals surface area contributed by atoms with E-state index < -0.39 is 0 Å². The average Bonchev–Trinajstić information content (AvgIpc) is 2.97. The molecule has 0 amide bonds. The molecule has 4 aromatic carbocycles. The molecule has 0 unspecified atom stereocenters. The monoisotopic (exact) mass is 516 g/mol. The molecule has 0 saturated carbocycles. The van der Waals surface area contributed by atoms with E-state index in [1.54, 1.807) is 28.4 Å². The Kier molecular flexibility index (Phi) is 10.1. The number of unbranched alkanes of at least 4 members (excludes halogenated alkanes) is 3. The number of benzene rings is 4. The molecule has 0 fully saturated rings. The Hall–Kier alpha value is -3.48. The summed E-state index contributed by atoms with van der Waals surface area (Å²) in [5, 5.41) is 11.9. The third kappa shape index (κ3) is 6.69. The lowest BCUT2D eigenvalue weighted by molar-refractivity contribution is 0.407. The van der Waals surface area contributed by atoms with E-state index in [1.165, 1.54) is 34.7 Å². The van der Waals surface area contributed by atoms with Crippen LogP contribution in [0.1, 0.15) is 36.8 Å². The molecule has 0 aliphatic rings. The molecule has 0 heterocycles. The molecular formula is C32H40N2O4. The highest BCUT2D eigenvalue weighted by molar-refractivity contribution is 5.89. The first-order valence-electron chi connectivity index (χ1n) is 13.4. The number of nitrogens with one attached hydrogen (secondary N) is 2. The van der Waals surface area contributed by atoms with Gasteiger partial charge in [-0.1, -0.05) is 37.1 Å². The smallest absolute Gasteiger partial charge is 0.123 e. The van der Waals surface area contributed by atoms with E-state index in [9.17, 15) is 0 Å². The van der Waals surface area contributed by atoms with Gasteiger partial charge in [-0.15, -0.1) is 0 Å². The van der Waals surface area contributed by atoms with E-state index >= 15 is 0 Å². The van der Waals surface area contributed by atoms with Crippen molar-refractivity contribution in [1.29, 1.82) is 0 Å². The summed E-state index contributed by atoms with van der Waals surface area (Å²) in [7, 11) is 6.86. The zero-order chi connectivity index (χ0) is 26.7. The molecule has 0 bridgehead atoms. The first-order chi connectivity index (χ1) is 18.7. The van der Waals surface area contributed by atoms with Crippen LogP contribution >= 0.6 is 0 Å². The number of hydrogen-bond donors (Lipinski definition) is 2. The highest BCUT2D eigenvalue weighted by atomic mass is 16.5. The lowest BCUT2D eigenvalue weighted by Gasteiger charge is -2.14. The number of methoxy groups -OCH3 is 4. The lowest BCUT2D eigenvalue weighted by atomic mass is 10.0. The molecule has 0 atom stereocenters. The van der Waals surface area contributed by atoms with Crippen molar-refractivity contribution in [3.63, 3.8) is 0 Å². The molecule has 2 N–H and O–H groups in total.